The van der Waals surface area contributed by atoms with Crippen LogP contribution in [0.25, 0.3) is 0 Å². The van der Waals surface area contributed by atoms with Crippen LogP contribution in [0.5, 0.6) is 0 Å². The smallest absolute Gasteiger partial charge is 0.341 e. The number of amides is 1. The highest BCUT2D eigenvalue weighted by molar-refractivity contribution is 8.14. The molecule has 7 nitrogen and oxygen atoms in total. The summed E-state index contributed by atoms with van der Waals surface area (Å²) in [6.07, 6.45) is 1.39. The van der Waals surface area contributed by atoms with E-state index in [0.717, 1.165) is 18.0 Å². The standard InChI is InChI=1S/C10H11N3O4S/c1-5(14)18-6-2-8(15)13(4-6)9-7(10(16)17)3-11-12-9/h3,6H,2,4H2,1H3,(H,11,12)(H,16,17). The molecule has 96 valence electrons. The molecule has 18 heavy (non-hydrogen) atoms. The predicted octanol–water partition coefficient (Wildman–Crippen LogP) is 0.493. The molecule has 8 heteroatoms. The zero-order valence-electron chi connectivity index (χ0n) is 9.54. The van der Waals surface area contributed by atoms with Crippen LogP contribution in [0.2, 0.25) is 0 Å². The number of hydrogen-bond acceptors (Lipinski definition) is 5. The van der Waals surface area contributed by atoms with Crippen LogP contribution in [-0.4, -0.2) is 44.1 Å². The van der Waals surface area contributed by atoms with Gasteiger partial charge in [0.25, 0.3) is 0 Å². The molecule has 1 aliphatic rings. The van der Waals surface area contributed by atoms with Crippen molar-refractivity contribution in [3.8, 4) is 0 Å². The first-order valence-corrected chi connectivity index (χ1v) is 6.11. The van der Waals surface area contributed by atoms with Crippen molar-refractivity contribution in [2.45, 2.75) is 18.6 Å². The Morgan fingerprint density at radius 2 is 2.33 bits per heavy atom. The molecule has 0 aromatic carbocycles. The summed E-state index contributed by atoms with van der Waals surface area (Å²) < 4.78 is 0. The second kappa shape index (κ2) is 4.81. The molecule has 1 fully saturated rings. The van der Waals surface area contributed by atoms with Crippen LogP contribution in [0, 0.1) is 0 Å². The van der Waals surface area contributed by atoms with E-state index in [1.54, 1.807) is 0 Å². The summed E-state index contributed by atoms with van der Waals surface area (Å²) in [6, 6.07) is 0. The van der Waals surface area contributed by atoms with E-state index < -0.39 is 5.97 Å². The number of aromatic carboxylic acids is 1. The van der Waals surface area contributed by atoms with Gasteiger partial charge in [-0.05, 0) is 0 Å². The Morgan fingerprint density at radius 1 is 1.61 bits per heavy atom. The van der Waals surface area contributed by atoms with Crippen molar-refractivity contribution in [2.24, 2.45) is 0 Å². The molecule has 2 N–H and O–H groups in total. The molecule has 1 saturated heterocycles. The summed E-state index contributed by atoms with van der Waals surface area (Å²) in [5.41, 5.74) is -0.0446. The predicted molar refractivity (Wildman–Crippen MR) is 64.6 cm³/mol. The van der Waals surface area contributed by atoms with E-state index in [9.17, 15) is 14.4 Å². The van der Waals surface area contributed by atoms with Crippen LogP contribution in [0.4, 0.5) is 5.82 Å². The van der Waals surface area contributed by atoms with E-state index in [1.807, 2.05) is 0 Å². The maximum atomic E-state index is 11.8. The van der Waals surface area contributed by atoms with Gasteiger partial charge in [-0.1, -0.05) is 11.8 Å². The molecule has 0 bridgehead atoms. The van der Waals surface area contributed by atoms with Crippen molar-refractivity contribution in [1.82, 2.24) is 10.2 Å². The SMILES string of the molecule is CC(=O)SC1CC(=O)N(c2[nH]ncc2C(=O)O)C1. The molecular formula is C10H11N3O4S. The lowest BCUT2D eigenvalue weighted by Gasteiger charge is -2.14. The van der Waals surface area contributed by atoms with Crippen LogP contribution in [0.1, 0.15) is 23.7 Å². The fourth-order valence-electron chi connectivity index (χ4n) is 1.85. The Kier molecular flexibility index (Phi) is 3.37. The topological polar surface area (TPSA) is 103 Å². The molecule has 0 radical (unpaired) electrons. The minimum Gasteiger partial charge on any atom is -0.477 e. The highest BCUT2D eigenvalue weighted by atomic mass is 32.2. The number of aromatic nitrogens is 2. The quantitative estimate of drug-likeness (QED) is 0.827. The summed E-state index contributed by atoms with van der Waals surface area (Å²) in [7, 11) is 0. The Bertz CT molecular complexity index is 513. The fourth-order valence-corrected chi connectivity index (χ4v) is 2.77. The number of nitrogens with one attached hydrogen (secondary N) is 1. The zero-order valence-corrected chi connectivity index (χ0v) is 10.4. The number of carbonyl (C=O) groups excluding carboxylic acids is 2. The first-order valence-electron chi connectivity index (χ1n) is 5.23. The van der Waals surface area contributed by atoms with Crippen molar-refractivity contribution < 1.29 is 19.5 Å². The molecular weight excluding hydrogens is 258 g/mol. The molecule has 0 spiro atoms. The van der Waals surface area contributed by atoms with E-state index in [2.05, 4.69) is 10.2 Å². The van der Waals surface area contributed by atoms with Gasteiger partial charge in [0, 0.05) is 25.1 Å². The third-order valence-corrected chi connectivity index (χ3v) is 3.52. The second-order valence-corrected chi connectivity index (χ2v) is 5.35. The van der Waals surface area contributed by atoms with Crippen molar-refractivity contribution in [2.75, 3.05) is 11.4 Å². The lowest BCUT2D eigenvalue weighted by molar-refractivity contribution is -0.117. The number of H-pyrrole nitrogens is 1. The van der Waals surface area contributed by atoms with Gasteiger partial charge in [0.05, 0.1) is 6.20 Å². The van der Waals surface area contributed by atoms with Crippen LogP contribution < -0.4 is 4.90 Å². The van der Waals surface area contributed by atoms with Gasteiger partial charge in [-0.3, -0.25) is 19.6 Å². The minimum atomic E-state index is -1.14. The number of rotatable bonds is 3. The number of thioether (sulfide) groups is 1. The molecule has 1 aromatic heterocycles. The average molecular weight is 269 g/mol. The summed E-state index contributed by atoms with van der Waals surface area (Å²) in [4.78, 5) is 35.1. The minimum absolute atomic E-state index is 0.0446. The highest BCUT2D eigenvalue weighted by Gasteiger charge is 2.34. The van der Waals surface area contributed by atoms with Gasteiger partial charge >= 0.3 is 5.97 Å². The van der Waals surface area contributed by atoms with Crippen LogP contribution >= 0.6 is 11.8 Å². The van der Waals surface area contributed by atoms with E-state index in [4.69, 9.17) is 5.11 Å². The highest BCUT2D eigenvalue weighted by Crippen LogP contribution is 2.29. The Morgan fingerprint density at radius 3 is 2.94 bits per heavy atom. The Labute approximate surface area is 107 Å². The van der Waals surface area contributed by atoms with Crippen molar-refractivity contribution in [1.29, 1.82) is 0 Å². The summed E-state index contributed by atoms with van der Waals surface area (Å²) in [6.45, 7) is 1.75. The van der Waals surface area contributed by atoms with Gasteiger partial charge in [0.15, 0.2) is 5.12 Å². The summed E-state index contributed by atoms with van der Waals surface area (Å²) in [5.74, 6) is -1.17. The maximum Gasteiger partial charge on any atom is 0.341 e. The Hall–Kier alpha value is -1.83. The van der Waals surface area contributed by atoms with Gasteiger partial charge in [-0.25, -0.2) is 4.79 Å². The number of hydrogen-bond donors (Lipinski definition) is 2. The number of carboxylic acids is 1. The zero-order chi connectivity index (χ0) is 13.3. The molecule has 0 saturated carbocycles. The summed E-state index contributed by atoms with van der Waals surface area (Å²) >= 11 is 1.10. The molecule has 1 unspecified atom stereocenters. The number of carboxylic acid groups (broad SMARTS) is 1. The molecule has 2 rings (SSSR count). The number of nitrogens with zero attached hydrogens (tertiary/aromatic N) is 2. The van der Waals surface area contributed by atoms with Crippen LogP contribution in [0.3, 0.4) is 0 Å². The van der Waals surface area contributed by atoms with Gasteiger partial charge in [-0.15, -0.1) is 0 Å². The number of aromatic amines is 1. The summed E-state index contributed by atoms with van der Waals surface area (Å²) in [5, 5.41) is 14.9. The largest absolute Gasteiger partial charge is 0.477 e. The van der Waals surface area contributed by atoms with Crippen molar-refractivity contribution in [3.63, 3.8) is 0 Å². The average Bonchev–Trinajstić information content (AvgIpc) is 2.83. The van der Waals surface area contributed by atoms with E-state index in [-0.39, 0.29) is 34.1 Å². The van der Waals surface area contributed by atoms with Gasteiger partial charge in [-0.2, -0.15) is 5.10 Å². The number of anilines is 1. The molecule has 1 atom stereocenters. The van der Waals surface area contributed by atoms with Crippen LogP contribution in [-0.2, 0) is 9.59 Å². The van der Waals surface area contributed by atoms with Gasteiger partial charge < -0.3 is 5.11 Å². The molecule has 1 aliphatic heterocycles. The van der Waals surface area contributed by atoms with Crippen molar-refractivity contribution in [3.05, 3.63) is 11.8 Å². The van der Waals surface area contributed by atoms with E-state index in [0.29, 0.717) is 6.54 Å². The second-order valence-electron chi connectivity index (χ2n) is 3.88. The third kappa shape index (κ3) is 2.37. The van der Waals surface area contributed by atoms with Gasteiger partial charge in [0.2, 0.25) is 5.91 Å². The van der Waals surface area contributed by atoms with Crippen LogP contribution in [0.15, 0.2) is 6.20 Å². The molecule has 1 amide bonds. The Balaban J connectivity index is 2.19. The molecule has 0 aliphatic carbocycles. The first-order chi connectivity index (χ1) is 8.49. The van der Waals surface area contributed by atoms with Gasteiger partial charge in [0.1, 0.15) is 11.4 Å². The maximum absolute atomic E-state index is 11.8. The molecule has 1 aromatic rings. The first kappa shape index (κ1) is 12.6. The van der Waals surface area contributed by atoms with E-state index in [1.165, 1.54) is 11.8 Å². The fraction of sp³-hybridized carbons (Fsp3) is 0.400. The monoisotopic (exact) mass is 269 g/mol. The third-order valence-electron chi connectivity index (χ3n) is 2.54. The van der Waals surface area contributed by atoms with E-state index >= 15 is 0 Å². The molecule has 2 heterocycles. The number of carbonyl (C=O) groups is 3. The lowest BCUT2D eigenvalue weighted by atomic mass is 10.3. The van der Waals surface area contributed by atoms with Crippen molar-refractivity contribution >= 4 is 34.6 Å². The normalized spacial score (nSPS) is 19.3. The lowest BCUT2D eigenvalue weighted by Crippen LogP contribution is -2.27.